The molecule has 1 fully saturated rings. The highest BCUT2D eigenvalue weighted by Gasteiger charge is 2.31. The topological polar surface area (TPSA) is 41.7 Å². The predicted molar refractivity (Wildman–Crippen MR) is 106 cm³/mol. The molecule has 0 N–H and O–H groups in total. The van der Waals surface area contributed by atoms with Crippen molar-refractivity contribution >= 4 is 0 Å². The first-order valence-electron chi connectivity index (χ1n) is 10.2. The van der Waals surface area contributed by atoms with Gasteiger partial charge in [0.1, 0.15) is 6.26 Å². The van der Waals surface area contributed by atoms with Crippen molar-refractivity contribution in [2.45, 2.75) is 38.3 Å². The van der Waals surface area contributed by atoms with E-state index in [1.807, 2.05) is 6.07 Å². The molecule has 2 aromatic rings. The lowest BCUT2D eigenvalue weighted by molar-refractivity contribution is 0.0834. The van der Waals surface area contributed by atoms with Crippen LogP contribution in [0.3, 0.4) is 0 Å². The first-order chi connectivity index (χ1) is 13.3. The van der Waals surface area contributed by atoms with E-state index in [1.54, 1.807) is 24.5 Å². The summed E-state index contributed by atoms with van der Waals surface area (Å²) >= 11 is 0. The smallest absolute Gasteiger partial charge is 0.124 e. The summed E-state index contributed by atoms with van der Waals surface area (Å²) in [5, 5.41) is 4.09. The summed E-state index contributed by atoms with van der Waals surface area (Å²) in [4.78, 5) is 5.22. The van der Waals surface area contributed by atoms with Crippen LogP contribution in [0.5, 0.6) is 0 Å². The molecule has 5 nitrogen and oxygen atoms in total. The Morgan fingerprint density at radius 3 is 2.74 bits per heavy atom. The van der Waals surface area contributed by atoms with Crippen molar-refractivity contribution in [1.82, 2.24) is 15.0 Å². The molecule has 1 aliphatic carbocycles. The van der Waals surface area contributed by atoms with E-state index in [4.69, 9.17) is 9.26 Å². The SMILES string of the molecule is COCCN(Cc1ccon1)C[C@@H]1CCCN(C2Cc3ccccc3C2)C1. The average molecular weight is 370 g/mol. The summed E-state index contributed by atoms with van der Waals surface area (Å²) < 4.78 is 10.3. The van der Waals surface area contributed by atoms with E-state index in [2.05, 4.69) is 39.2 Å². The Morgan fingerprint density at radius 2 is 2.04 bits per heavy atom. The van der Waals surface area contributed by atoms with E-state index >= 15 is 0 Å². The van der Waals surface area contributed by atoms with Gasteiger partial charge in [0, 0.05) is 45.4 Å². The number of hydrogen-bond acceptors (Lipinski definition) is 5. The molecule has 1 aromatic carbocycles. The van der Waals surface area contributed by atoms with E-state index in [9.17, 15) is 0 Å². The van der Waals surface area contributed by atoms with E-state index in [0.29, 0.717) is 12.0 Å². The Labute approximate surface area is 162 Å². The van der Waals surface area contributed by atoms with E-state index < -0.39 is 0 Å². The van der Waals surface area contributed by atoms with Crippen LogP contribution < -0.4 is 0 Å². The number of likely N-dealkylation sites (tertiary alicyclic amines) is 1. The summed E-state index contributed by atoms with van der Waals surface area (Å²) in [6.07, 6.45) is 6.71. The van der Waals surface area contributed by atoms with Gasteiger partial charge in [0.15, 0.2) is 0 Å². The molecule has 2 aliphatic rings. The molecule has 1 aromatic heterocycles. The van der Waals surface area contributed by atoms with Gasteiger partial charge in [0.05, 0.1) is 12.3 Å². The number of rotatable bonds is 8. The number of nitrogens with zero attached hydrogens (tertiary/aromatic N) is 3. The minimum Gasteiger partial charge on any atom is -0.383 e. The van der Waals surface area contributed by atoms with Crippen LogP contribution in [0.1, 0.15) is 29.7 Å². The fraction of sp³-hybridized carbons (Fsp3) is 0.591. The zero-order valence-corrected chi connectivity index (χ0v) is 16.3. The van der Waals surface area contributed by atoms with Gasteiger partial charge in [-0.25, -0.2) is 0 Å². The second-order valence-corrected chi connectivity index (χ2v) is 8.05. The van der Waals surface area contributed by atoms with Crippen LogP contribution in [-0.2, 0) is 24.1 Å². The van der Waals surface area contributed by atoms with Gasteiger partial charge < -0.3 is 9.26 Å². The minimum absolute atomic E-state index is 0.688. The molecule has 0 spiro atoms. The summed E-state index contributed by atoms with van der Waals surface area (Å²) in [5.41, 5.74) is 4.11. The second kappa shape index (κ2) is 9.00. The summed E-state index contributed by atoms with van der Waals surface area (Å²) in [6, 6.07) is 11.6. The van der Waals surface area contributed by atoms with Gasteiger partial charge in [-0.3, -0.25) is 9.80 Å². The molecule has 0 saturated carbocycles. The molecule has 1 aliphatic heterocycles. The lowest BCUT2D eigenvalue weighted by atomic mass is 9.95. The zero-order valence-electron chi connectivity index (χ0n) is 16.3. The number of methoxy groups -OCH3 is 1. The van der Waals surface area contributed by atoms with Crippen molar-refractivity contribution in [3.05, 3.63) is 53.4 Å². The van der Waals surface area contributed by atoms with Gasteiger partial charge in [-0.1, -0.05) is 29.4 Å². The summed E-state index contributed by atoms with van der Waals surface area (Å²) in [5.74, 6) is 0.714. The molecule has 5 heteroatoms. The first-order valence-corrected chi connectivity index (χ1v) is 10.2. The molecule has 0 bridgehead atoms. The van der Waals surface area contributed by atoms with Gasteiger partial charge in [0.2, 0.25) is 0 Å². The summed E-state index contributed by atoms with van der Waals surface area (Å²) in [6.45, 7) is 6.09. The molecule has 1 saturated heterocycles. The fourth-order valence-electron chi connectivity index (χ4n) is 4.74. The standard InChI is InChI=1S/C22H31N3O2/c1-26-12-10-24(17-21-8-11-27-23-21)15-18-5-4-9-25(16-18)22-13-19-6-2-3-7-20(19)14-22/h2-3,6-8,11,18,22H,4-5,9-10,12-17H2,1H3/t18-/m0/s1. The van der Waals surface area contributed by atoms with Crippen molar-refractivity contribution in [3.63, 3.8) is 0 Å². The molecule has 4 rings (SSSR count). The van der Waals surface area contributed by atoms with Crippen LogP contribution in [-0.4, -0.2) is 60.9 Å². The average Bonchev–Trinajstić information content (AvgIpc) is 3.35. The van der Waals surface area contributed by atoms with Crippen LogP contribution in [0.4, 0.5) is 0 Å². The number of fused-ring (bicyclic) bond motifs is 1. The largest absolute Gasteiger partial charge is 0.383 e. The third-order valence-corrected chi connectivity index (χ3v) is 6.10. The number of aromatic nitrogens is 1. The van der Waals surface area contributed by atoms with Crippen LogP contribution >= 0.6 is 0 Å². The molecule has 146 valence electrons. The number of ether oxygens (including phenoxy) is 1. The maximum absolute atomic E-state index is 5.32. The monoisotopic (exact) mass is 369 g/mol. The van der Waals surface area contributed by atoms with E-state index in [1.165, 1.54) is 38.8 Å². The number of piperidine rings is 1. The Bertz CT molecular complexity index is 678. The lowest BCUT2D eigenvalue weighted by Gasteiger charge is -2.38. The Hall–Kier alpha value is -1.69. The zero-order chi connectivity index (χ0) is 18.5. The Morgan fingerprint density at radius 1 is 1.22 bits per heavy atom. The fourth-order valence-corrected chi connectivity index (χ4v) is 4.74. The Kier molecular flexibility index (Phi) is 6.22. The number of hydrogen-bond donors (Lipinski definition) is 0. The quantitative estimate of drug-likeness (QED) is 0.716. The van der Waals surface area contributed by atoms with Crippen LogP contribution in [0.2, 0.25) is 0 Å². The highest BCUT2D eigenvalue weighted by atomic mass is 16.5. The van der Waals surface area contributed by atoms with Crippen molar-refractivity contribution in [3.8, 4) is 0 Å². The lowest BCUT2D eigenvalue weighted by Crippen LogP contribution is -2.46. The van der Waals surface area contributed by atoms with Gasteiger partial charge >= 0.3 is 0 Å². The third-order valence-electron chi connectivity index (χ3n) is 6.10. The highest BCUT2D eigenvalue weighted by molar-refractivity contribution is 5.33. The maximum atomic E-state index is 5.32. The van der Waals surface area contributed by atoms with Crippen molar-refractivity contribution in [2.24, 2.45) is 5.92 Å². The third kappa shape index (κ3) is 4.78. The number of benzene rings is 1. The van der Waals surface area contributed by atoms with E-state index in [0.717, 1.165) is 31.9 Å². The molecule has 1 atom stereocenters. The summed E-state index contributed by atoms with van der Waals surface area (Å²) in [7, 11) is 1.77. The molecule has 0 radical (unpaired) electrons. The van der Waals surface area contributed by atoms with Gasteiger partial charge in [-0.2, -0.15) is 0 Å². The Balaban J connectivity index is 1.34. The first kappa shape index (κ1) is 18.7. The van der Waals surface area contributed by atoms with Gasteiger partial charge in [0.25, 0.3) is 0 Å². The van der Waals surface area contributed by atoms with Crippen molar-refractivity contribution in [1.29, 1.82) is 0 Å². The normalized spacial score (nSPS) is 21.0. The van der Waals surface area contributed by atoms with Crippen LogP contribution in [0, 0.1) is 5.92 Å². The highest BCUT2D eigenvalue weighted by Crippen LogP contribution is 2.29. The van der Waals surface area contributed by atoms with Crippen LogP contribution in [0.25, 0.3) is 0 Å². The molecule has 2 heterocycles. The van der Waals surface area contributed by atoms with Crippen molar-refractivity contribution in [2.75, 3.05) is 39.9 Å². The van der Waals surface area contributed by atoms with E-state index in [-0.39, 0.29) is 0 Å². The second-order valence-electron chi connectivity index (χ2n) is 8.05. The minimum atomic E-state index is 0.688. The molecule has 27 heavy (non-hydrogen) atoms. The molecule has 0 amide bonds. The predicted octanol–water partition coefficient (Wildman–Crippen LogP) is 3.00. The molecule has 0 unspecified atom stereocenters. The van der Waals surface area contributed by atoms with Crippen LogP contribution in [0.15, 0.2) is 41.1 Å². The molecular formula is C22H31N3O2. The molecular weight excluding hydrogens is 338 g/mol. The van der Waals surface area contributed by atoms with Gasteiger partial charge in [-0.15, -0.1) is 0 Å². The maximum Gasteiger partial charge on any atom is 0.124 e. The van der Waals surface area contributed by atoms with Gasteiger partial charge in [-0.05, 0) is 49.3 Å². The van der Waals surface area contributed by atoms with Crippen molar-refractivity contribution < 1.29 is 9.26 Å².